The highest BCUT2D eigenvalue weighted by Crippen LogP contribution is 2.28. The molecule has 0 saturated carbocycles. The van der Waals surface area contributed by atoms with Crippen LogP contribution in [0.15, 0.2) is 60.0 Å². The molecule has 138 valence electrons. The molecule has 0 saturated heterocycles. The predicted octanol–water partition coefficient (Wildman–Crippen LogP) is 5.39. The summed E-state index contributed by atoms with van der Waals surface area (Å²) in [6.45, 7) is 2.09. The molecule has 7 heteroatoms. The second kappa shape index (κ2) is 8.33. The van der Waals surface area contributed by atoms with Gasteiger partial charge in [0.15, 0.2) is 0 Å². The van der Waals surface area contributed by atoms with Crippen molar-refractivity contribution in [3.8, 4) is 0 Å². The van der Waals surface area contributed by atoms with Crippen LogP contribution >= 0.6 is 22.9 Å². The fraction of sp³-hybridized carbons (Fsp3) is 0.150. The molecule has 2 aromatic carbocycles. The summed E-state index contributed by atoms with van der Waals surface area (Å²) in [7, 11) is 0. The van der Waals surface area contributed by atoms with Crippen LogP contribution in [-0.2, 0) is 6.42 Å². The number of nitrogens with zero attached hydrogens (tertiary/aromatic N) is 1. The van der Waals surface area contributed by atoms with Crippen molar-refractivity contribution in [3.05, 3.63) is 96.7 Å². The number of halogens is 1. The zero-order chi connectivity index (χ0) is 19.4. The Kier molecular flexibility index (Phi) is 5.88. The van der Waals surface area contributed by atoms with E-state index in [2.05, 4.69) is 12.2 Å². The third kappa shape index (κ3) is 4.35. The van der Waals surface area contributed by atoms with Crippen LogP contribution < -0.4 is 5.32 Å². The van der Waals surface area contributed by atoms with Crippen LogP contribution in [0.3, 0.4) is 0 Å². The normalized spacial score (nSPS) is 11.8. The Bertz CT molecular complexity index is 956. The van der Waals surface area contributed by atoms with Crippen LogP contribution in [0.25, 0.3) is 0 Å². The number of nitrogens with one attached hydrogen (secondary N) is 1. The second-order valence-corrected chi connectivity index (χ2v) is 7.32. The molecule has 1 aromatic heterocycles. The van der Waals surface area contributed by atoms with Crippen LogP contribution in [0, 0.1) is 10.1 Å². The minimum atomic E-state index is -0.544. The Morgan fingerprint density at radius 1 is 1.22 bits per heavy atom. The average molecular weight is 401 g/mol. The molecule has 0 fully saturated rings. The number of carbonyl (C=O) groups excluding carboxylic acids is 1. The van der Waals surface area contributed by atoms with Gasteiger partial charge in [0, 0.05) is 17.0 Å². The van der Waals surface area contributed by atoms with Gasteiger partial charge in [-0.3, -0.25) is 14.9 Å². The molecular formula is C20H17ClN2O3S. The van der Waals surface area contributed by atoms with Crippen LogP contribution in [0.1, 0.15) is 39.3 Å². The van der Waals surface area contributed by atoms with Crippen molar-refractivity contribution in [3.63, 3.8) is 0 Å². The van der Waals surface area contributed by atoms with Gasteiger partial charge in [-0.05, 0) is 35.1 Å². The highest BCUT2D eigenvalue weighted by Gasteiger charge is 2.21. The molecule has 3 aromatic rings. The van der Waals surface area contributed by atoms with E-state index in [9.17, 15) is 14.9 Å². The number of thiophene rings is 1. The number of carbonyl (C=O) groups is 1. The first-order valence-electron chi connectivity index (χ1n) is 8.36. The minimum absolute atomic E-state index is 0.0490. The van der Waals surface area contributed by atoms with E-state index in [4.69, 9.17) is 11.6 Å². The summed E-state index contributed by atoms with van der Waals surface area (Å²) in [4.78, 5) is 24.1. The smallest absolute Gasteiger partial charge is 0.270 e. The lowest BCUT2D eigenvalue weighted by atomic mass is 10.0. The van der Waals surface area contributed by atoms with Crippen molar-refractivity contribution < 1.29 is 9.72 Å². The van der Waals surface area contributed by atoms with Gasteiger partial charge >= 0.3 is 0 Å². The molecule has 0 radical (unpaired) electrons. The van der Waals surface area contributed by atoms with Gasteiger partial charge in [-0.1, -0.05) is 48.9 Å². The Labute approximate surface area is 165 Å². The number of hydrogen-bond donors (Lipinski definition) is 1. The minimum Gasteiger partial charge on any atom is -0.340 e. The number of rotatable bonds is 6. The average Bonchev–Trinajstić information content (AvgIpc) is 3.20. The van der Waals surface area contributed by atoms with Crippen LogP contribution in [0.2, 0.25) is 5.02 Å². The van der Waals surface area contributed by atoms with Gasteiger partial charge in [0.25, 0.3) is 11.6 Å². The van der Waals surface area contributed by atoms with Crippen molar-refractivity contribution in [2.45, 2.75) is 19.4 Å². The van der Waals surface area contributed by atoms with Crippen LogP contribution in [0.4, 0.5) is 5.69 Å². The van der Waals surface area contributed by atoms with E-state index in [1.54, 1.807) is 11.3 Å². The zero-order valence-corrected chi connectivity index (χ0v) is 16.1. The van der Waals surface area contributed by atoms with Crippen molar-refractivity contribution in [1.29, 1.82) is 0 Å². The lowest BCUT2D eigenvalue weighted by molar-refractivity contribution is -0.384. The standard InChI is InChI=1S/C20H17ClN2O3S/c1-2-13-5-7-14(8-6-13)19(18-4-3-11-27-18)22-20(24)16-10-9-15(23(25)26)12-17(16)21/h3-12,19H,2H2,1H3,(H,22,24)/t19-/m1/s1. The Morgan fingerprint density at radius 3 is 2.52 bits per heavy atom. The Morgan fingerprint density at radius 2 is 1.96 bits per heavy atom. The second-order valence-electron chi connectivity index (χ2n) is 5.94. The molecular weight excluding hydrogens is 384 g/mol. The van der Waals surface area contributed by atoms with Crippen molar-refractivity contribution in [2.75, 3.05) is 0 Å². The van der Waals surface area contributed by atoms with Gasteiger partial charge in [0.1, 0.15) is 0 Å². The number of nitro groups is 1. The molecule has 1 amide bonds. The first-order valence-corrected chi connectivity index (χ1v) is 9.62. The van der Waals surface area contributed by atoms with Gasteiger partial charge in [-0.15, -0.1) is 11.3 Å². The highest BCUT2D eigenvalue weighted by atomic mass is 35.5. The monoisotopic (exact) mass is 400 g/mol. The zero-order valence-electron chi connectivity index (χ0n) is 14.5. The lowest BCUT2D eigenvalue weighted by Gasteiger charge is -2.19. The van der Waals surface area contributed by atoms with E-state index in [0.717, 1.165) is 16.9 Å². The molecule has 0 aliphatic carbocycles. The van der Waals surface area contributed by atoms with Gasteiger partial charge in [-0.25, -0.2) is 0 Å². The molecule has 5 nitrogen and oxygen atoms in total. The first kappa shape index (κ1) is 19.1. The summed E-state index contributed by atoms with van der Waals surface area (Å²) in [5.74, 6) is -0.382. The fourth-order valence-corrected chi connectivity index (χ4v) is 3.79. The number of amides is 1. The third-order valence-electron chi connectivity index (χ3n) is 4.23. The Balaban J connectivity index is 1.90. The largest absolute Gasteiger partial charge is 0.340 e. The number of benzene rings is 2. The first-order chi connectivity index (χ1) is 13.0. The maximum absolute atomic E-state index is 12.8. The maximum Gasteiger partial charge on any atom is 0.270 e. The van der Waals surface area contributed by atoms with Crippen molar-refractivity contribution in [1.82, 2.24) is 5.32 Å². The summed E-state index contributed by atoms with van der Waals surface area (Å²) >= 11 is 7.65. The summed E-state index contributed by atoms with van der Waals surface area (Å²) < 4.78 is 0. The summed E-state index contributed by atoms with van der Waals surface area (Å²) in [5, 5.41) is 15.8. The fourth-order valence-electron chi connectivity index (χ4n) is 2.73. The molecule has 27 heavy (non-hydrogen) atoms. The lowest BCUT2D eigenvalue weighted by Crippen LogP contribution is -2.29. The van der Waals surface area contributed by atoms with Gasteiger partial charge < -0.3 is 5.32 Å². The van der Waals surface area contributed by atoms with E-state index >= 15 is 0 Å². The molecule has 0 aliphatic heterocycles. The van der Waals surface area contributed by atoms with E-state index in [1.165, 1.54) is 23.8 Å². The molecule has 0 unspecified atom stereocenters. The van der Waals surface area contributed by atoms with Gasteiger partial charge in [0.2, 0.25) is 0 Å². The third-order valence-corrected chi connectivity index (χ3v) is 5.48. The predicted molar refractivity (Wildman–Crippen MR) is 108 cm³/mol. The quantitative estimate of drug-likeness (QED) is 0.445. The molecule has 1 heterocycles. The van der Waals surface area contributed by atoms with Crippen molar-refractivity contribution in [2.24, 2.45) is 0 Å². The molecule has 0 aliphatic rings. The van der Waals surface area contributed by atoms with Crippen molar-refractivity contribution >= 4 is 34.5 Å². The molecule has 0 bridgehead atoms. The van der Waals surface area contributed by atoms with Gasteiger partial charge in [0.05, 0.1) is 21.6 Å². The molecule has 3 rings (SSSR count). The topological polar surface area (TPSA) is 72.2 Å². The van der Waals surface area contributed by atoms with E-state index in [0.29, 0.717) is 0 Å². The van der Waals surface area contributed by atoms with Crippen LogP contribution in [0.5, 0.6) is 0 Å². The Hall–Kier alpha value is -2.70. The highest BCUT2D eigenvalue weighted by molar-refractivity contribution is 7.10. The van der Waals surface area contributed by atoms with E-state index in [1.807, 2.05) is 41.8 Å². The molecule has 1 N–H and O–H groups in total. The maximum atomic E-state index is 12.8. The number of hydrogen-bond acceptors (Lipinski definition) is 4. The van der Waals surface area contributed by atoms with E-state index < -0.39 is 4.92 Å². The molecule has 0 spiro atoms. The SMILES string of the molecule is CCc1ccc([C@@H](NC(=O)c2ccc([N+](=O)[O-])cc2Cl)c2cccs2)cc1. The number of aryl methyl sites for hydroxylation is 1. The summed E-state index contributed by atoms with van der Waals surface area (Å²) in [6.07, 6.45) is 0.939. The number of non-ortho nitro benzene ring substituents is 1. The van der Waals surface area contributed by atoms with E-state index in [-0.39, 0.29) is 28.2 Å². The summed E-state index contributed by atoms with van der Waals surface area (Å²) in [6, 6.07) is 15.5. The van der Waals surface area contributed by atoms with Crippen LogP contribution in [-0.4, -0.2) is 10.8 Å². The summed E-state index contributed by atoms with van der Waals surface area (Å²) in [5.41, 5.74) is 2.23. The number of nitro benzene ring substituents is 1. The molecule has 1 atom stereocenters. The van der Waals surface area contributed by atoms with Gasteiger partial charge in [-0.2, -0.15) is 0 Å².